The lowest BCUT2D eigenvalue weighted by atomic mass is 10.1. The second kappa shape index (κ2) is 6.52. The van der Waals surface area contributed by atoms with E-state index < -0.39 is 5.91 Å². The van der Waals surface area contributed by atoms with Gasteiger partial charge in [-0.2, -0.15) is 0 Å². The maximum Gasteiger partial charge on any atom is 0.252 e. The molecule has 1 aliphatic heterocycles. The molecule has 4 N–H and O–H groups in total. The van der Waals surface area contributed by atoms with Crippen molar-refractivity contribution in [3.63, 3.8) is 0 Å². The van der Waals surface area contributed by atoms with Gasteiger partial charge in [-0.25, -0.2) is 4.98 Å². The zero-order valence-electron chi connectivity index (χ0n) is 12.1. The maximum absolute atomic E-state index is 11.5. The fraction of sp³-hybridized carbons (Fsp3) is 0.467. The van der Waals surface area contributed by atoms with E-state index in [9.17, 15) is 4.79 Å². The number of primary amides is 1. The summed E-state index contributed by atoms with van der Waals surface area (Å²) in [6.07, 6.45) is 4.29. The predicted octanol–water partition coefficient (Wildman–Crippen LogP) is 1.52. The lowest BCUT2D eigenvalue weighted by molar-refractivity contribution is 0.1000. The minimum absolute atomic E-state index is 0.432. The third kappa shape index (κ3) is 3.57. The highest BCUT2D eigenvalue weighted by Crippen LogP contribution is 2.19. The van der Waals surface area contributed by atoms with Crippen LogP contribution in [0, 0.1) is 13.8 Å². The minimum Gasteiger partial charge on any atom is -0.369 e. The summed E-state index contributed by atoms with van der Waals surface area (Å²) in [4.78, 5) is 15.9. The molecule has 0 radical (unpaired) electrons. The highest BCUT2D eigenvalue weighted by atomic mass is 16.1. The molecular weight excluding hydrogens is 252 g/mol. The smallest absolute Gasteiger partial charge is 0.252 e. The van der Waals surface area contributed by atoms with Crippen LogP contribution < -0.4 is 16.4 Å². The van der Waals surface area contributed by atoms with Gasteiger partial charge < -0.3 is 16.4 Å². The molecule has 20 heavy (non-hydrogen) atoms. The summed E-state index contributed by atoms with van der Waals surface area (Å²) < 4.78 is 0. The molecule has 0 saturated carbocycles. The van der Waals surface area contributed by atoms with Crippen molar-refractivity contribution in [3.05, 3.63) is 34.5 Å². The largest absolute Gasteiger partial charge is 0.369 e. The van der Waals surface area contributed by atoms with Gasteiger partial charge in [0.2, 0.25) is 0 Å². The van der Waals surface area contributed by atoms with E-state index >= 15 is 0 Å². The first-order chi connectivity index (χ1) is 9.58. The van der Waals surface area contributed by atoms with E-state index in [2.05, 4.69) is 21.7 Å². The number of carbonyl (C=O) groups is 1. The van der Waals surface area contributed by atoms with Crippen molar-refractivity contribution in [2.75, 3.05) is 25.0 Å². The van der Waals surface area contributed by atoms with Crippen LogP contribution in [0.4, 0.5) is 5.82 Å². The van der Waals surface area contributed by atoms with Gasteiger partial charge in [0.1, 0.15) is 5.82 Å². The molecular formula is C15H22N4O. The van der Waals surface area contributed by atoms with E-state index in [0.29, 0.717) is 11.4 Å². The average molecular weight is 274 g/mol. The van der Waals surface area contributed by atoms with Crippen LogP contribution in [0.15, 0.2) is 17.7 Å². The first-order valence-corrected chi connectivity index (χ1v) is 6.98. The molecule has 0 fully saturated rings. The first kappa shape index (κ1) is 14.5. The van der Waals surface area contributed by atoms with Gasteiger partial charge in [-0.15, -0.1) is 0 Å². The summed E-state index contributed by atoms with van der Waals surface area (Å²) in [6, 6.07) is 1.88. The molecule has 0 bridgehead atoms. The summed E-state index contributed by atoms with van der Waals surface area (Å²) in [7, 11) is 0. The summed E-state index contributed by atoms with van der Waals surface area (Å²) in [5, 5.41) is 6.54. The molecule has 1 aromatic rings. The molecule has 0 aromatic carbocycles. The van der Waals surface area contributed by atoms with Crippen molar-refractivity contribution >= 4 is 11.7 Å². The van der Waals surface area contributed by atoms with Crippen molar-refractivity contribution in [2.24, 2.45) is 5.73 Å². The third-order valence-corrected chi connectivity index (χ3v) is 3.49. The monoisotopic (exact) mass is 274 g/mol. The number of nitrogens with zero attached hydrogens (tertiary/aromatic N) is 1. The van der Waals surface area contributed by atoms with Crippen molar-refractivity contribution in [1.82, 2.24) is 10.3 Å². The molecule has 0 aliphatic carbocycles. The highest BCUT2D eigenvalue weighted by molar-refractivity contribution is 5.99. The Morgan fingerprint density at radius 1 is 1.50 bits per heavy atom. The lowest BCUT2D eigenvalue weighted by Gasteiger charge is -2.16. The molecule has 0 saturated heterocycles. The van der Waals surface area contributed by atoms with Crippen LogP contribution in [-0.2, 0) is 0 Å². The molecule has 2 heterocycles. The number of pyridine rings is 1. The zero-order valence-corrected chi connectivity index (χ0v) is 12.1. The first-order valence-electron chi connectivity index (χ1n) is 6.98. The number of carbonyl (C=O) groups excluding carboxylic acids is 1. The van der Waals surface area contributed by atoms with Gasteiger partial charge in [0.25, 0.3) is 5.91 Å². The Kier molecular flexibility index (Phi) is 4.74. The second-order valence-electron chi connectivity index (χ2n) is 5.16. The van der Waals surface area contributed by atoms with Crippen LogP contribution >= 0.6 is 0 Å². The Morgan fingerprint density at radius 2 is 2.30 bits per heavy atom. The SMILES string of the molecule is Cc1cc(C)c(C(N)=O)c(NCCC2=CCNCC2)n1. The number of amides is 1. The number of aryl methyl sites for hydroxylation is 2. The molecule has 1 aromatic heterocycles. The number of hydrogen-bond acceptors (Lipinski definition) is 4. The summed E-state index contributed by atoms with van der Waals surface area (Å²) >= 11 is 0. The topological polar surface area (TPSA) is 80.0 Å². The lowest BCUT2D eigenvalue weighted by Crippen LogP contribution is -2.22. The molecule has 5 nitrogen and oxygen atoms in total. The Hall–Kier alpha value is -1.88. The number of aromatic nitrogens is 1. The van der Waals surface area contributed by atoms with Gasteiger partial charge in [0.15, 0.2) is 0 Å². The number of rotatable bonds is 5. The van der Waals surface area contributed by atoms with E-state index in [0.717, 1.165) is 43.7 Å². The van der Waals surface area contributed by atoms with Crippen molar-refractivity contribution in [1.29, 1.82) is 0 Å². The molecule has 0 atom stereocenters. The van der Waals surface area contributed by atoms with Crippen LogP contribution in [0.3, 0.4) is 0 Å². The fourth-order valence-corrected chi connectivity index (χ4v) is 2.51. The van der Waals surface area contributed by atoms with E-state index in [-0.39, 0.29) is 0 Å². The van der Waals surface area contributed by atoms with E-state index in [1.54, 1.807) is 0 Å². The van der Waals surface area contributed by atoms with Crippen molar-refractivity contribution < 1.29 is 4.79 Å². The van der Waals surface area contributed by atoms with Crippen LogP contribution in [0.1, 0.15) is 34.5 Å². The number of anilines is 1. The number of hydrogen-bond donors (Lipinski definition) is 3. The number of nitrogens with two attached hydrogens (primary N) is 1. The molecule has 0 unspecified atom stereocenters. The molecule has 2 rings (SSSR count). The van der Waals surface area contributed by atoms with Crippen LogP contribution in [-0.4, -0.2) is 30.5 Å². The van der Waals surface area contributed by atoms with Crippen LogP contribution in [0.5, 0.6) is 0 Å². The zero-order chi connectivity index (χ0) is 14.5. The van der Waals surface area contributed by atoms with E-state index in [1.807, 2.05) is 19.9 Å². The highest BCUT2D eigenvalue weighted by Gasteiger charge is 2.13. The van der Waals surface area contributed by atoms with Crippen molar-refractivity contribution in [3.8, 4) is 0 Å². The van der Waals surface area contributed by atoms with E-state index in [4.69, 9.17) is 5.73 Å². The van der Waals surface area contributed by atoms with Gasteiger partial charge in [-0.1, -0.05) is 11.6 Å². The fourth-order valence-electron chi connectivity index (χ4n) is 2.51. The van der Waals surface area contributed by atoms with E-state index in [1.165, 1.54) is 5.57 Å². The van der Waals surface area contributed by atoms with Gasteiger partial charge in [-0.05, 0) is 44.9 Å². The average Bonchev–Trinajstić information content (AvgIpc) is 2.38. The van der Waals surface area contributed by atoms with Crippen LogP contribution in [0.2, 0.25) is 0 Å². The predicted molar refractivity (Wildman–Crippen MR) is 80.9 cm³/mol. The molecule has 1 aliphatic rings. The Balaban J connectivity index is 2.05. The minimum atomic E-state index is -0.432. The summed E-state index contributed by atoms with van der Waals surface area (Å²) in [5.41, 5.74) is 9.14. The normalized spacial score (nSPS) is 14.8. The Bertz CT molecular complexity index is 537. The standard InChI is InChI=1S/C15H22N4O/c1-10-9-11(2)19-15(13(10)14(16)20)18-8-5-12-3-6-17-7-4-12/h3,9,17H,4-8H2,1-2H3,(H2,16,20)(H,18,19). The van der Waals surface area contributed by atoms with Crippen LogP contribution in [0.25, 0.3) is 0 Å². The van der Waals surface area contributed by atoms with Gasteiger partial charge >= 0.3 is 0 Å². The number of nitrogens with one attached hydrogen (secondary N) is 2. The maximum atomic E-state index is 11.5. The Morgan fingerprint density at radius 3 is 2.95 bits per heavy atom. The van der Waals surface area contributed by atoms with Gasteiger partial charge in [0, 0.05) is 18.8 Å². The summed E-state index contributed by atoms with van der Waals surface area (Å²) in [5.74, 6) is 0.170. The van der Waals surface area contributed by atoms with Gasteiger partial charge in [0.05, 0.1) is 5.56 Å². The molecule has 108 valence electrons. The Labute approximate surface area is 119 Å². The summed E-state index contributed by atoms with van der Waals surface area (Å²) in [6.45, 7) is 6.55. The molecule has 0 spiro atoms. The van der Waals surface area contributed by atoms with Crippen molar-refractivity contribution in [2.45, 2.75) is 26.7 Å². The molecule has 5 heteroatoms. The van der Waals surface area contributed by atoms with Gasteiger partial charge in [-0.3, -0.25) is 4.79 Å². The quantitative estimate of drug-likeness (QED) is 0.711. The second-order valence-corrected chi connectivity index (χ2v) is 5.16. The molecule has 1 amide bonds. The third-order valence-electron chi connectivity index (χ3n) is 3.49.